The average molecular weight is 295 g/mol. The molecule has 85 valence electrons. The standard InChI is InChI=1S/C12H16NO2.Y/c1-3-7-11(8-4-1)13-15-14-12-9-5-2-6-10-12;/h2,5-6,9-11H,1,3-4,7-8H2;/q-1;. The third kappa shape index (κ3) is 4.92. The third-order valence-electron chi connectivity index (χ3n) is 2.64. The van der Waals surface area contributed by atoms with Crippen LogP contribution in [0.5, 0.6) is 5.75 Å². The van der Waals surface area contributed by atoms with Crippen LogP contribution in [0, 0.1) is 0 Å². The Morgan fingerprint density at radius 2 is 1.69 bits per heavy atom. The molecule has 0 amide bonds. The fourth-order valence-corrected chi connectivity index (χ4v) is 1.79. The number of hydrogen-bond acceptors (Lipinski definition) is 2. The monoisotopic (exact) mass is 295 g/mol. The van der Waals surface area contributed by atoms with Crippen LogP contribution in [0.15, 0.2) is 30.3 Å². The van der Waals surface area contributed by atoms with Crippen molar-refractivity contribution in [3.63, 3.8) is 0 Å². The van der Waals surface area contributed by atoms with E-state index in [1.807, 2.05) is 30.3 Å². The van der Waals surface area contributed by atoms with Gasteiger partial charge in [-0.3, -0.25) is 4.99 Å². The maximum absolute atomic E-state index is 5.04. The fraction of sp³-hybridized carbons (Fsp3) is 0.500. The minimum atomic E-state index is 0. The van der Waals surface area contributed by atoms with Crippen LogP contribution >= 0.6 is 0 Å². The molecule has 2 rings (SSSR count). The summed E-state index contributed by atoms with van der Waals surface area (Å²) in [5, 5.41) is 0. The van der Waals surface area contributed by atoms with E-state index in [0.717, 1.165) is 12.8 Å². The van der Waals surface area contributed by atoms with Crippen molar-refractivity contribution < 1.29 is 42.6 Å². The van der Waals surface area contributed by atoms with Crippen molar-refractivity contribution in [3.8, 4) is 5.75 Å². The summed E-state index contributed by atoms with van der Waals surface area (Å²) >= 11 is 0. The minimum absolute atomic E-state index is 0. The van der Waals surface area contributed by atoms with Crippen molar-refractivity contribution in [2.24, 2.45) is 0 Å². The van der Waals surface area contributed by atoms with Gasteiger partial charge in [0.15, 0.2) is 5.75 Å². The van der Waals surface area contributed by atoms with Gasteiger partial charge in [0.25, 0.3) is 0 Å². The zero-order valence-electron chi connectivity index (χ0n) is 9.34. The van der Waals surface area contributed by atoms with Gasteiger partial charge in [0.1, 0.15) is 0 Å². The Hall–Kier alpha value is 0.0439. The molecule has 0 heterocycles. The molecule has 1 aliphatic rings. The first-order valence-electron chi connectivity index (χ1n) is 5.54. The van der Waals surface area contributed by atoms with E-state index in [9.17, 15) is 0 Å². The molecule has 0 atom stereocenters. The van der Waals surface area contributed by atoms with E-state index in [2.05, 4.69) is 5.48 Å². The smallest absolute Gasteiger partial charge is 0.163 e. The molecule has 16 heavy (non-hydrogen) atoms. The van der Waals surface area contributed by atoms with Crippen LogP contribution in [-0.4, -0.2) is 6.04 Å². The molecule has 1 radical (unpaired) electrons. The van der Waals surface area contributed by atoms with Gasteiger partial charge in [0, 0.05) is 32.7 Å². The van der Waals surface area contributed by atoms with Gasteiger partial charge in [-0.25, -0.2) is 0 Å². The molecule has 0 spiro atoms. The first-order chi connectivity index (χ1) is 7.45. The maximum atomic E-state index is 5.04. The molecule has 1 aromatic carbocycles. The van der Waals surface area contributed by atoms with Gasteiger partial charge in [0.05, 0.1) is 0 Å². The van der Waals surface area contributed by atoms with Crippen molar-refractivity contribution in [3.05, 3.63) is 35.8 Å². The second-order valence-electron chi connectivity index (χ2n) is 3.87. The molecule has 0 aliphatic heterocycles. The topological polar surface area (TPSA) is 32.6 Å². The number of benzene rings is 1. The molecular formula is C12H16NO2Y-. The SMILES string of the molecule is [Y].c1ccc(OO[N-]C2CCCCC2)cc1. The number of rotatable bonds is 4. The number of hydroxylamine groups is 1. The molecule has 0 saturated heterocycles. The van der Waals surface area contributed by atoms with Crippen molar-refractivity contribution in [2.45, 2.75) is 38.1 Å². The number of para-hydroxylation sites is 1. The summed E-state index contributed by atoms with van der Waals surface area (Å²) < 4.78 is 0. The van der Waals surface area contributed by atoms with Crippen LogP contribution in [0.2, 0.25) is 0 Å². The maximum Gasteiger partial charge on any atom is 0.163 e. The minimum Gasteiger partial charge on any atom is -0.486 e. The van der Waals surface area contributed by atoms with Crippen molar-refractivity contribution in [2.75, 3.05) is 0 Å². The quantitative estimate of drug-likeness (QED) is 0.628. The van der Waals surface area contributed by atoms with Gasteiger partial charge in [0.2, 0.25) is 0 Å². The van der Waals surface area contributed by atoms with E-state index in [4.69, 9.17) is 9.88 Å². The summed E-state index contributed by atoms with van der Waals surface area (Å²) in [6.07, 6.45) is 6.08. The van der Waals surface area contributed by atoms with Gasteiger partial charge in [-0.1, -0.05) is 50.3 Å². The molecule has 0 unspecified atom stereocenters. The molecule has 1 fully saturated rings. The van der Waals surface area contributed by atoms with E-state index in [-0.39, 0.29) is 32.7 Å². The molecule has 0 aromatic heterocycles. The molecular weight excluding hydrogens is 279 g/mol. The van der Waals surface area contributed by atoms with Crippen LogP contribution < -0.4 is 4.89 Å². The van der Waals surface area contributed by atoms with Crippen LogP contribution in [0.4, 0.5) is 0 Å². The molecule has 4 heteroatoms. The Kier molecular flexibility index (Phi) is 7.21. The average Bonchev–Trinajstić information content (AvgIpc) is 2.32. The fourth-order valence-electron chi connectivity index (χ4n) is 1.79. The van der Waals surface area contributed by atoms with Crippen LogP contribution in [-0.2, 0) is 37.7 Å². The number of nitrogens with zero attached hydrogens (tertiary/aromatic N) is 1. The van der Waals surface area contributed by atoms with Gasteiger partial charge in [-0.05, 0) is 12.1 Å². The molecule has 1 saturated carbocycles. The Labute approximate surface area is 122 Å². The predicted molar refractivity (Wildman–Crippen MR) is 58.4 cm³/mol. The Bertz CT molecular complexity index is 276. The molecule has 3 nitrogen and oxygen atoms in total. The number of hydrogen-bond donors (Lipinski definition) is 0. The normalized spacial score (nSPS) is 16.5. The first-order valence-corrected chi connectivity index (χ1v) is 5.54. The van der Waals surface area contributed by atoms with Crippen molar-refractivity contribution >= 4 is 0 Å². The predicted octanol–water partition coefficient (Wildman–Crippen LogP) is 3.62. The van der Waals surface area contributed by atoms with Crippen LogP contribution in [0.25, 0.3) is 5.48 Å². The summed E-state index contributed by atoms with van der Waals surface area (Å²) in [4.78, 5) is 9.93. The van der Waals surface area contributed by atoms with E-state index >= 15 is 0 Å². The largest absolute Gasteiger partial charge is 0.486 e. The zero-order valence-corrected chi connectivity index (χ0v) is 12.2. The molecule has 1 aromatic rings. The van der Waals surface area contributed by atoms with Gasteiger partial charge < -0.3 is 10.4 Å². The summed E-state index contributed by atoms with van der Waals surface area (Å²) in [7, 11) is 0. The summed E-state index contributed by atoms with van der Waals surface area (Å²) in [6.45, 7) is 0. The molecule has 0 N–H and O–H groups in total. The van der Waals surface area contributed by atoms with E-state index in [1.165, 1.54) is 19.3 Å². The zero-order chi connectivity index (χ0) is 10.3. The Morgan fingerprint density at radius 3 is 2.38 bits per heavy atom. The first kappa shape index (κ1) is 14.1. The van der Waals surface area contributed by atoms with Crippen molar-refractivity contribution in [1.29, 1.82) is 0 Å². The van der Waals surface area contributed by atoms with E-state index < -0.39 is 0 Å². The third-order valence-corrected chi connectivity index (χ3v) is 2.64. The van der Waals surface area contributed by atoms with E-state index in [1.54, 1.807) is 0 Å². The van der Waals surface area contributed by atoms with Crippen LogP contribution in [0.1, 0.15) is 32.1 Å². The summed E-state index contributed by atoms with van der Waals surface area (Å²) in [5.74, 6) is 0.692. The van der Waals surface area contributed by atoms with Crippen LogP contribution in [0.3, 0.4) is 0 Å². The Morgan fingerprint density at radius 1 is 1.00 bits per heavy atom. The summed E-state index contributed by atoms with van der Waals surface area (Å²) in [6, 6.07) is 9.75. The Balaban J connectivity index is 0.00000128. The second kappa shape index (κ2) is 8.18. The van der Waals surface area contributed by atoms with Gasteiger partial charge in [-0.15, -0.1) is 6.04 Å². The van der Waals surface area contributed by atoms with Gasteiger partial charge >= 0.3 is 0 Å². The van der Waals surface area contributed by atoms with Crippen molar-refractivity contribution in [1.82, 2.24) is 0 Å². The second-order valence-corrected chi connectivity index (χ2v) is 3.87. The summed E-state index contributed by atoms with van der Waals surface area (Å²) in [5.41, 5.74) is 4.06. The van der Waals surface area contributed by atoms with E-state index in [0.29, 0.717) is 11.8 Å². The molecule has 0 bridgehead atoms. The molecule has 1 aliphatic carbocycles. The van der Waals surface area contributed by atoms with Gasteiger partial charge in [-0.2, -0.15) is 0 Å².